The van der Waals surface area contributed by atoms with Crippen LogP contribution in [-0.4, -0.2) is 0 Å². The molecule has 5 heteroatoms. The van der Waals surface area contributed by atoms with Crippen LogP contribution in [0, 0.1) is 0 Å². The van der Waals surface area contributed by atoms with E-state index in [-0.39, 0.29) is 22.4 Å². The van der Waals surface area contributed by atoms with Gasteiger partial charge in [-0.3, -0.25) is 0 Å². The first-order chi connectivity index (χ1) is 5.13. The van der Waals surface area contributed by atoms with Crippen molar-refractivity contribution in [2.75, 3.05) is 5.73 Å². The van der Waals surface area contributed by atoms with E-state index in [2.05, 4.69) is 15.9 Å². The molecule has 0 heterocycles. The third-order valence-corrected chi connectivity index (χ3v) is 2.21. The van der Waals surface area contributed by atoms with Crippen molar-refractivity contribution in [1.29, 1.82) is 0 Å². The fourth-order valence-electron chi connectivity index (χ4n) is 0.737. The Labute approximate surface area is 83.5 Å². The van der Waals surface area contributed by atoms with Crippen LogP contribution in [0.5, 0.6) is 0 Å². The van der Waals surface area contributed by atoms with Gasteiger partial charge in [-0.15, -0.1) is 12.4 Å². The van der Waals surface area contributed by atoms with Crippen LogP contribution in [-0.2, 0) is 0 Å². The van der Waals surface area contributed by atoms with Crippen molar-refractivity contribution in [3.8, 4) is 0 Å². The van der Waals surface area contributed by atoms with Gasteiger partial charge in [-0.1, -0.05) is 12.1 Å². The van der Waals surface area contributed by atoms with Crippen molar-refractivity contribution in [3.05, 3.63) is 28.2 Å². The molecule has 0 fully saturated rings. The number of hydrogen-bond donors (Lipinski definition) is 1. The van der Waals surface area contributed by atoms with Crippen LogP contribution < -0.4 is 5.73 Å². The highest BCUT2D eigenvalue weighted by molar-refractivity contribution is 9.10. The number of benzene rings is 1. The standard InChI is InChI=1S/C7H6BrF2N.ClH/c8-6-4(7(9)10)2-1-3-5(6)11;/h1-3,7H,11H2;1H. The predicted molar refractivity (Wildman–Crippen MR) is 50.8 cm³/mol. The number of halogens is 4. The van der Waals surface area contributed by atoms with E-state index in [1.807, 2.05) is 0 Å². The van der Waals surface area contributed by atoms with E-state index in [1.165, 1.54) is 12.1 Å². The van der Waals surface area contributed by atoms with E-state index in [9.17, 15) is 8.78 Å². The lowest BCUT2D eigenvalue weighted by Gasteiger charge is -2.04. The molecule has 0 atom stereocenters. The summed E-state index contributed by atoms with van der Waals surface area (Å²) < 4.78 is 24.5. The lowest BCUT2D eigenvalue weighted by molar-refractivity contribution is 0.150. The fourth-order valence-corrected chi connectivity index (χ4v) is 1.17. The molecule has 0 saturated heterocycles. The Balaban J connectivity index is 0.00000121. The third kappa shape index (κ3) is 2.32. The smallest absolute Gasteiger partial charge is 0.265 e. The first kappa shape index (κ1) is 11.6. The van der Waals surface area contributed by atoms with Crippen LogP contribution in [0.1, 0.15) is 12.0 Å². The molecule has 0 bridgehead atoms. The van der Waals surface area contributed by atoms with Gasteiger partial charge in [-0.05, 0) is 22.0 Å². The van der Waals surface area contributed by atoms with Crippen molar-refractivity contribution < 1.29 is 8.78 Å². The molecule has 0 saturated carbocycles. The molecule has 12 heavy (non-hydrogen) atoms. The number of nitrogen functional groups attached to an aromatic ring is 1. The highest BCUT2D eigenvalue weighted by Crippen LogP contribution is 2.30. The molecule has 0 aliphatic heterocycles. The second-order valence-electron chi connectivity index (χ2n) is 2.05. The zero-order chi connectivity index (χ0) is 8.43. The predicted octanol–water partition coefficient (Wildman–Crippen LogP) is 3.39. The molecular formula is C7H7BrClF2N. The Hall–Kier alpha value is -0.350. The molecule has 0 unspecified atom stereocenters. The molecule has 2 N–H and O–H groups in total. The molecule has 0 aromatic heterocycles. The molecule has 1 aromatic carbocycles. The molecule has 1 aromatic rings. The SMILES string of the molecule is Cl.Nc1cccc(C(F)F)c1Br. The largest absolute Gasteiger partial charge is 0.398 e. The van der Waals surface area contributed by atoms with Gasteiger partial charge in [0.15, 0.2) is 0 Å². The van der Waals surface area contributed by atoms with Gasteiger partial charge < -0.3 is 5.73 Å². The summed E-state index contributed by atoms with van der Waals surface area (Å²) in [5.74, 6) is 0. The molecular weight excluding hydrogens is 251 g/mol. The van der Waals surface area contributed by atoms with Crippen LogP contribution in [0.2, 0.25) is 0 Å². The minimum Gasteiger partial charge on any atom is -0.398 e. The van der Waals surface area contributed by atoms with Gasteiger partial charge in [0.2, 0.25) is 0 Å². The zero-order valence-corrected chi connectivity index (χ0v) is 8.33. The summed E-state index contributed by atoms with van der Waals surface area (Å²) in [6.07, 6.45) is -2.48. The first-order valence-electron chi connectivity index (χ1n) is 2.95. The highest BCUT2D eigenvalue weighted by Gasteiger charge is 2.11. The Kier molecular flexibility index (Phi) is 4.49. The Morgan fingerprint density at radius 3 is 2.33 bits per heavy atom. The van der Waals surface area contributed by atoms with Crippen molar-refractivity contribution in [1.82, 2.24) is 0 Å². The Morgan fingerprint density at radius 1 is 1.33 bits per heavy atom. The average molecular weight is 258 g/mol. The minimum atomic E-state index is -2.48. The van der Waals surface area contributed by atoms with Gasteiger partial charge in [0.25, 0.3) is 6.43 Å². The number of nitrogens with two attached hydrogens (primary N) is 1. The molecule has 0 amide bonds. The minimum absolute atomic E-state index is 0. The number of alkyl halides is 2. The van der Waals surface area contributed by atoms with Crippen LogP contribution in [0.25, 0.3) is 0 Å². The normalized spacial score (nSPS) is 9.67. The van der Waals surface area contributed by atoms with Crippen LogP contribution in [0.4, 0.5) is 14.5 Å². The van der Waals surface area contributed by atoms with E-state index < -0.39 is 6.43 Å². The molecule has 1 nitrogen and oxygen atoms in total. The van der Waals surface area contributed by atoms with Crippen LogP contribution >= 0.6 is 28.3 Å². The average Bonchev–Trinajstić information content (AvgIpc) is 1.94. The summed E-state index contributed by atoms with van der Waals surface area (Å²) in [4.78, 5) is 0. The summed E-state index contributed by atoms with van der Waals surface area (Å²) in [7, 11) is 0. The van der Waals surface area contributed by atoms with Gasteiger partial charge in [0.1, 0.15) is 0 Å². The summed E-state index contributed by atoms with van der Waals surface area (Å²) in [5.41, 5.74) is 5.65. The summed E-state index contributed by atoms with van der Waals surface area (Å²) in [6.45, 7) is 0. The second kappa shape index (κ2) is 4.62. The van der Waals surface area contributed by atoms with Gasteiger partial charge in [-0.25, -0.2) is 8.78 Å². The van der Waals surface area contributed by atoms with Crippen molar-refractivity contribution in [3.63, 3.8) is 0 Å². The van der Waals surface area contributed by atoms with E-state index in [0.717, 1.165) is 0 Å². The van der Waals surface area contributed by atoms with Crippen molar-refractivity contribution in [2.45, 2.75) is 6.43 Å². The van der Waals surface area contributed by atoms with E-state index in [4.69, 9.17) is 5.73 Å². The highest BCUT2D eigenvalue weighted by atomic mass is 79.9. The maximum Gasteiger partial charge on any atom is 0.265 e. The first-order valence-corrected chi connectivity index (χ1v) is 3.74. The lowest BCUT2D eigenvalue weighted by Crippen LogP contribution is -1.91. The summed E-state index contributed by atoms with van der Waals surface area (Å²) in [6, 6.07) is 4.41. The van der Waals surface area contributed by atoms with E-state index >= 15 is 0 Å². The molecule has 0 spiro atoms. The van der Waals surface area contributed by atoms with Gasteiger partial charge >= 0.3 is 0 Å². The van der Waals surface area contributed by atoms with Crippen molar-refractivity contribution >= 4 is 34.0 Å². The number of anilines is 1. The van der Waals surface area contributed by atoms with Gasteiger partial charge in [0.05, 0.1) is 0 Å². The quantitative estimate of drug-likeness (QED) is 0.768. The van der Waals surface area contributed by atoms with Crippen LogP contribution in [0.3, 0.4) is 0 Å². The Morgan fingerprint density at radius 2 is 1.92 bits per heavy atom. The van der Waals surface area contributed by atoms with Crippen molar-refractivity contribution in [2.24, 2.45) is 0 Å². The maximum atomic E-state index is 12.1. The molecule has 68 valence electrons. The van der Waals surface area contributed by atoms with E-state index in [0.29, 0.717) is 5.69 Å². The fraction of sp³-hybridized carbons (Fsp3) is 0.143. The third-order valence-electron chi connectivity index (χ3n) is 1.29. The molecule has 0 aliphatic rings. The van der Waals surface area contributed by atoms with Gasteiger partial charge in [-0.2, -0.15) is 0 Å². The van der Waals surface area contributed by atoms with E-state index in [1.54, 1.807) is 6.07 Å². The lowest BCUT2D eigenvalue weighted by atomic mass is 10.2. The summed E-state index contributed by atoms with van der Waals surface area (Å²) >= 11 is 2.98. The molecule has 1 rings (SSSR count). The second-order valence-corrected chi connectivity index (χ2v) is 2.84. The molecule has 0 radical (unpaired) electrons. The van der Waals surface area contributed by atoms with Crippen LogP contribution in [0.15, 0.2) is 22.7 Å². The Bertz CT molecular complexity index is 268. The topological polar surface area (TPSA) is 26.0 Å². The summed E-state index contributed by atoms with van der Waals surface area (Å²) in [5, 5.41) is 0. The maximum absolute atomic E-state index is 12.1. The number of hydrogen-bond acceptors (Lipinski definition) is 1. The van der Waals surface area contributed by atoms with Gasteiger partial charge in [0, 0.05) is 15.7 Å². The number of rotatable bonds is 1. The monoisotopic (exact) mass is 257 g/mol. The zero-order valence-electron chi connectivity index (χ0n) is 5.93. The molecule has 0 aliphatic carbocycles.